The lowest BCUT2D eigenvalue weighted by atomic mass is 10.0. The largest absolute Gasteiger partial charge is 0.484 e. The van der Waals surface area contributed by atoms with Crippen LogP contribution in [0.5, 0.6) is 5.75 Å². The van der Waals surface area contributed by atoms with Gasteiger partial charge in [-0.2, -0.15) is 5.10 Å². The van der Waals surface area contributed by atoms with Crippen molar-refractivity contribution < 1.29 is 9.53 Å². The molecule has 0 aliphatic rings. The molecule has 0 bridgehead atoms. The van der Waals surface area contributed by atoms with Crippen LogP contribution in [0.3, 0.4) is 0 Å². The van der Waals surface area contributed by atoms with Crippen LogP contribution in [0.4, 0.5) is 0 Å². The Morgan fingerprint density at radius 1 is 1.04 bits per heavy atom. The predicted octanol–water partition coefficient (Wildman–Crippen LogP) is 3.99. The molecule has 0 N–H and O–H groups in total. The molecule has 2 aromatic carbocycles. The average Bonchev–Trinajstić information content (AvgIpc) is 3.26. The van der Waals surface area contributed by atoms with E-state index in [9.17, 15) is 4.79 Å². The minimum Gasteiger partial charge on any atom is -0.484 e. The van der Waals surface area contributed by atoms with Crippen LogP contribution in [0.1, 0.15) is 43.9 Å². The molecule has 0 radical (unpaired) electrons. The first kappa shape index (κ1) is 19.6. The van der Waals surface area contributed by atoms with E-state index in [-0.39, 0.29) is 18.6 Å². The van der Waals surface area contributed by atoms with Crippen molar-refractivity contribution in [2.24, 2.45) is 0 Å². The van der Waals surface area contributed by atoms with E-state index in [1.807, 2.05) is 55.5 Å². The molecule has 6 nitrogen and oxygen atoms in total. The summed E-state index contributed by atoms with van der Waals surface area (Å²) < 4.78 is 7.36. The summed E-state index contributed by atoms with van der Waals surface area (Å²) in [6.45, 7) is 6.31. The topological polar surface area (TPSA) is 60.2 Å². The third-order valence-corrected chi connectivity index (χ3v) is 4.94. The monoisotopic (exact) mass is 378 g/mol. The van der Waals surface area contributed by atoms with E-state index >= 15 is 0 Å². The fraction of sp³-hybridized carbons (Fsp3) is 0.318. The van der Waals surface area contributed by atoms with Crippen LogP contribution in [0.25, 0.3) is 5.69 Å². The Kier molecular flexibility index (Phi) is 6.09. The van der Waals surface area contributed by atoms with Crippen molar-refractivity contribution in [1.82, 2.24) is 19.7 Å². The first-order valence-electron chi connectivity index (χ1n) is 9.39. The van der Waals surface area contributed by atoms with Gasteiger partial charge in [0.25, 0.3) is 5.91 Å². The Hall–Kier alpha value is -3.15. The molecule has 1 aromatic heterocycles. The maximum Gasteiger partial charge on any atom is 0.260 e. The molecule has 1 atom stereocenters. The van der Waals surface area contributed by atoms with Gasteiger partial charge in [0.05, 0.1) is 11.7 Å². The van der Waals surface area contributed by atoms with E-state index in [1.54, 1.807) is 23.0 Å². The molecule has 6 heteroatoms. The fourth-order valence-corrected chi connectivity index (χ4v) is 2.88. The van der Waals surface area contributed by atoms with E-state index < -0.39 is 0 Å². The quantitative estimate of drug-likeness (QED) is 0.624. The van der Waals surface area contributed by atoms with Crippen LogP contribution in [-0.2, 0) is 4.79 Å². The zero-order chi connectivity index (χ0) is 20.1. The second kappa shape index (κ2) is 8.69. The zero-order valence-electron chi connectivity index (χ0n) is 16.7. The molecule has 0 saturated carbocycles. The number of benzene rings is 2. The smallest absolute Gasteiger partial charge is 0.260 e. The summed E-state index contributed by atoms with van der Waals surface area (Å²) in [4.78, 5) is 18.2. The highest BCUT2D eigenvalue weighted by atomic mass is 16.5. The maximum atomic E-state index is 12.5. The maximum absolute atomic E-state index is 12.5. The number of nitrogens with zero attached hydrogens (tertiary/aromatic N) is 4. The van der Waals surface area contributed by atoms with Gasteiger partial charge >= 0.3 is 0 Å². The number of carbonyl (C=O) groups excluding carboxylic acids is 1. The Morgan fingerprint density at radius 3 is 2.25 bits per heavy atom. The Morgan fingerprint density at radius 2 is 1.68 bits per heavy atom. The summed E-state index contributed by atoms with van der Waals surface area (Å²) in [5.41, 5.74) is 3.22. The molecule has 1 unspecified atom stereocenters. The summed E-state index contributed by atoms with van der Waals surface area (Å²) in [6.07, 6.45) is 3.15. The first-order valence-corrected chi connectivity index (χ1v) is 9.39. The minimum absolute atomic E-state index is 0.0128. The number of amides is 1. The number of hydrogen-bond acceptors (Lipinski definition) is 4. The summed E-state index contributed by atoms with van der Waals surface area (Å²) >= 11 is 0. The molecule has 0 spiro atoms. The van der Waals surface area contributed by atoms with Crippen LogP contribution in [0, 0.1) is 0 Å². The summed E-state index contributed by atoms with van der Waals surface area (Å²) in [7, 11) is 1.80. The number of hydrogen-bond donors (Lipinski definition) is 0. The molecule has 0 saturated heterocycles. The Bertz CT molecular complexity index is 887. The van der Waals surface area contributed by atoms with Crippen molar-refractivity contribution in [1.29, 1.82) is 0 Å². The standard InChI is InChI=1S/C22H26N4O2/c1-16(2)18-7-11-21(12-8-18)28-13-22(27)25(4)17(3)19-5-9-20(10-6-19)26-15-23-14-24-26/h5-12,14-17H,13H2,1-4H3. The van der Waals surface area contributed by atoms with Gasteiger partial charge in [-0.05, 0) is 48.2 Å². The molecule has 3 rings (SSSR count). The van der Waals surface area contributed by atoms with Crippen molar-refractivity contribution in [2.45, 2.75) is 32.7 Å². The van der Waals surface area contributed by atoms with Gasteiger partial charge in [-0.1, -0.05) is 38.1 Å². The molecular weight excluding hydrogens is 352 g/mol. The molecule has 0 fully saturated rings. The zero-order valence-corrected chi connectivity index (χ0v) is 16.7. The lowest BCUT2D eigenvalue weighted by Crippen LogP contribution is -2.33. The molecule has 0 aliphatic carbocycles. The average molecular weight is 378 g/mol. The van der Waals surface area contributed by atoms with E-state index in [4.69, 9.17) is 4.74 Å². The van der Waals surface area contributed by atoms with E-state index in [1.165, 1.54) is 11.9 Å². The molecule has 146 valence electrons. The van der Waals surface area contributed by atoms with Crippen LogP contribution in [-0.4, -0.2) is 39.2 Å². The third kappa shape index (κ3) is 4.57. The number of ether oxygens (including phenoxy) is 1. The van der Waals surface area contributed by atoms with Gasteiger partial charge in [0, 0.05) is 7.05 Å². The summed E-state index contributed by atoms with van der Waals surface area (Å²) in [5.74, 6) is 1.11. The number of aromatic nitrogens is 3. The van der Waals surface area contributed by atoms with Gasteiger partial charge in [-0.3, -0.25) is 4.79 Å². The SMILES string of the molecule is CC(C)c1ccc(OCC(=O)N(C)C(C)c2ccc(-n3cncn3)cc2)cc1. The lowest BCUT2D eigenvalue weighted by molar-refractivity contribution is -0.134. The van der Waals surface area contributed by atoms with Crippen LogP contribution in [0.15, 0.2) is 61.2 Å². The van der Waals surface area contributed by atoms with Crippen LogP contribution in [0.2, 0.25) is 0 Å². The Balaban J connectivity index is 1.57. The normalized spacial score (nSPS) is 12.0. The highest BCUT2D eigenvalue weighted by Gasteiger charge is 2.18. The molecule has 0 aliphatic heterocycles. The molecule has 3 aromatic rings. The second-order valence-electron chi connectivity index (χ2n) is 7.12. The van der Waals surface area contributed by atoms with E-state index in [2.05, 4.69) is 23.9 Å². The molecular formula is C22H26N4O2. The molecule has 1 amide bonds. The summed E-state index contributed by atoms with van der Waals surface area (Å²) in [6, 6.07) is 15.7. The van der Waals surface area contributed by atoms with Crippen LogP contribution < -0.4 is 4.74 Å². The predicted molar refractivity (Wildman–Crippen MR) is 109 cm³/mol. The highest BCUT2D eigenvalue weighted by Crippen LogP contribution is 2.21. The van der Waals surface area contributed by atoms with Crippen molar-refractivity contribution in [3.05, 3.63) is 72.3 Å². The van der Waals surface area contributed by atoms with Crippen molar-refractivity contribution >= 4 is 5.91 Å². The lowest BCUT2D eigenvalue weighted by Gasteiger charge is -2.25. The van der Waals surface area contributed by atoms with E-state index in [0.717, 1.165) is 11.3 Å². The number of rotatable bonds is 7. The minimum atomic E-state index is -0.0687. The van der Waals surface area contributed by atoms with Gasteiger partial charge in [0.1, 0.15) is 18.4 Å². The van der Waals surface area contributed by atoms with E-state index in [0.29, 0.717) is 11.7 Å². The van der Waals surface area contributed by atoms with Crippen LogP contribution >= 0.6 is 0 Å². The van der Waals surface area contributed by atoms with Gasteiger partial charge in [0.15, 0.2) is 6.61 Å². The van der Waals surface area contributed by atoms with Crippen molar-refractivity contribution in [3.8, 4) is 11.4 Å². The second-order valence-corrected chi connectivity index (χ2v) is 7.12. The fourth-order valence-electron chi connectivity index (χ4n) is 2.88. The van der Waals surface area contributed by atoms with Gasteiger partial charge in [-0.25, -0.2) is 9.67 Å². The summed E-state index contributed by atoms with van der Waals surface area (Å²) in [5, 5.41) is 4.12. The Labute approximate surface area is 165 Å². The molecule has 1 heterocycles. The molecule has 28 heavy (non-hydrogen) atoms. The number of likely N-dealkylation sites (N-methyl/N-ethyl adjacent to an activating group) is 1. The van der Waals surface area contributed by atoms with Gasteiger partial charge in [-0.15, -0.1) is 0 Å². The first-order chi connectivity index (χ1) is 13.5. The highest BCUT2D eigenvalue weighted by molar-refractivity contribution is 5.78. The van der Waals surface area contributed by atoms with Gasteiger partial charge in [0.2, 0.25) is 0 Å². The van der Waals surface area contributed by atoms with Crippen molar-refractivity contribution in [3.63, 3.8) is 0 Å². The number of carbonyl (C=O) groups is 1. The van der Waals surface area contributed by atoms with Crippen molar-refractivity contribution in [2.75, 3.05) is 13.7 Å². The van der Waals surface area contributed by atoms with Gasteiger partial charge < -0.3 is 9.64 Å². The third-order valence-electron chi connectivity index (χ3n) is 4.94.